The second-order valence-corrected chi connectivity index (χ2v) is 10.2. The summed E-state index contributed by atoms with van der Waals surface area (Å²) in [6, 6.07) is 0. The van der Waals surface area contributed by atoms with E-state index in [0.717, 1.165) is 26.2 Å². The summed E-state index contributed by atoms with van der Waals surface area (Å²) in [4.78, 5) is 32.5. The van der Waals surface area contributed by atoms with Gasteiger partial charge in [0.1, 0.15) is 12.2 Å². The maximum Gasteiger partial charge on any atom is 0.472 e. The zero-order chi connectivity index (χ0) is 26.4. The lowest BCUT2D eigenvalue weighted by Gasteiger charge is -2.20. The highest BCUT2D eigenvalue weighted by molar-refractivity contribution is 7.47. The Kier molecular flexibility index (Phi) is 21.5. The first kappa shape index (κ1) is 34.0. The van der Waals surface area contributed by atoms with Crippen LogP contribution in [0.3, 0.4) is 0 Å². The second kappa shape index (κ2) is 22.2. The van der Waals surface area contributed by atoms with E-state index in [1.165, 1.54) is 57.8 Å². The van der Waals surface area contributed by atoms with E-state index < -0.39 is 58.4 Å². The van der Waals surface area contributed by atoms with Gasteiger partial charge in [-0.1, -0.05) is 84.0 Å². The molecule has 0 spiro atoms. The molecule has 0 aromatic rings. The van der Waals surface area contributed by atoms with E-state index in [9.17, 15) is 24.2 Å². The maximum atomic E-state index is 12.0. The standard InChI is InChI=1S/C24H47O10P/c1-3-4-5-6-7-8-9-10-11-12-13-14-15-16-24(28)34-23(18-26)20-32-35(29,30)31-19-22(17-25)33-21(2)27/h22-23,25-26H,3-20H2,1-2H3,(H,29,30). The van der Waals surface area contributed by atoms with Gasteiger partial charge in [-0.2, -0.15) is 0 Å². The fourth-order valence-electron chi connectivity index (χ4n) is 3.41. The molecule has 10 nitrogen and oxygen atoms in total. The molecule has 0 bridgehead atoms. The highest BCUT2D eigenvalue weighted by Crippen LogP contribution is 2.43. The Morgan fingerprint density at radius 3 is 1.51 bits per heavy atom. The average molecular weight is 527 g/mol. The molecule has 3 atom stereocenters. The van der Waals surface area contributed by atoms with Crippen LogP contribution in [0.5, 0.6) is 0 Å². The van der Waals surface area contributed by atoms with E-state index in [1.54, 1.807) is 0 Å². The van der Waals surface area contributed by atoms with Crippen LogP contribution in [0.25, 0.3) is 0 Å². The summed E-state index contributed by atoms with van der Waals surface area (Å²) >= 11 is 0. The number of ether oxygens (including phenoxy) is 2. The number of carbonyl (C=O) groups excluding carboxylic acids is 2. The molecule has 0 saturated heterocycles. The van der Waals surface area contributed by atoms with Gasteiger partial charge in [-0.3, -0.25) is 18.6 Å². The van der Waals surface area contributed by atoms with Gasteiger partial charge < -0.3 is 24.6 Å². The molecule has 0 aliphatic rings. The van der Waals surface area contributed by atoms with Gasteiger partial charge in [0.2, 0.25) is 0 Å². The lowest BCUT2D eigenvalue weighted by atomic mass is 10.0. The van der Waals surface area contributed by atoms with Gasteiger partial charge in [0.05, 0.1) is 26.4 Å². The Bertz CT molecular complexity index is 587. The highest BCUT2D eigenvalue weighted by Gasteiger charge is 2.27. The quantitative estimate of drug-likeness (QED) is 0.0936. The van der Waals surface area contributed by atoms with Crippen LogP contribution >= 0.6 is 7.82 Å². The predicted molar refractivity (Wildman–Crippen MR) is 132 cm³/mol. The molecule has 3 unspecified atom stereocenters. The number of esters is 2. The summed E-state index contributed by atoms with van der Waals surface area (Å²) in [7, 11) is -4.57. The minimum atomic E-state index is -4.57. The zero-order valence-corrected chi connectivity index (χ0v) is 22.4. The topological polar surface area (TPSA) is 149 Å². The molecule has 0 aliphatic carbocycles. The van der Waals surface area contributed by atoms with Crippen molar-refractivity contribution in [1.82, 2.24) is 0 Å². The van der Waals surface area contributed by atoms with Gasteiger partial charge in [-0.25, -0.2) is 4.57 Å². The summed E-state index contributed by atoms with van der Waals surface area (Å²) in [6.45, 7) is 1.05. The summed E-state index contributed by atoms with van der Waals surface area (Å²) in [6.07, 6.45) is 13.5. The zero-order valence-electron chi connectivity index (χ0n) is 21.5. The second-order valence-electron chi connectivity index (χ2n) is 8.76. The molecule has 208 valence electrons. The molecule has 3 N–H and O–H groups in total. The molecule has 0 aromatic heterocycles. The number of aliphatic hydroxyl groups is 2. The minimum Gasteiger partial charge on any atom is -0.458 e. The molecule has 0 aromatic carbocycles. The Hall–Kier alpha value is -1.03. The van der Waals surface area contributed by atoms with E-state index in [1.807, 2.05) is 0 Å². The fraction of sp³-hybridized carbons (Fsp3) is 0.917. The number of phosphoric acid groups is 1. The molecule has 35 heavy (non-hydrogen) atoms. The van der Waals surface area contributed by atoms with Crippen molar-refractivity contribution in [2.75, 3.05) is 26.4 Å². The first-order valence-electron chi connectivity index (χ1n) is 12.9. The third-order valence-corrected chi connectivity index (χ3v) is 6.32. The molecule has 0 heterocycles. The number of unbranched alkanes of at least 4 members (excludes halogenated alkanes) is 12. The third-order valence-electron chi connectivity index (χ3n) is 5.37. The predicted octanol–water partition coefficient (Wildman–Crippen LogP) is 4.43. The van der Waals surface area contributed by atoms with E-state index in [2.05, 4.69) is 16.2 Å². The Labute approximate surface area is 210 Å². The normalized spacial score (nSPS) is 14.8. The first-order valence-corrected chi connectivity index (χ1v) is 14.4. The molecular formula is C24H47O10P. The van der Waals surface area contributed by atoms with E-state index in [-0.39, 0.29) is 6.42 Å². The van der Waals surface area contributed by atoms with Gasteiger partial charge in [0, 0.05) is 13.3 Å². The Balaban J connectivity index is 3.86. The molecule has 0 amide bonds. The van der Waals surface area contributed by atoms with Crippen molar-refractivity contribution in [2.45, 2.75) is 116 Å². The number of hydrogen-bond donors (Lipinski definition) is 3. The number of carbonyl (C=O) groups is 2. The lowest BCUT2D eigenvalue weighted by molar-refractivity contribution is -0.153. The van der Waals surface area contributed by atoms with Gasteiger partial charge >= 0.3 is 19.8 Å². The van der Waals surface area contributed by atoms with Gasteiger partial charge in [0.15, 0.2) is 0 Å². The highest BCUT2D eigenvalue weighted by atomic mass is 31.2. The number of hydrogen-bond acceptors (Lipinski definition) is 9. The molecule has 0 saturated carbocycles. The van der Waals surface area contributed by atoms with Crippen LogP contribution in [0.1, 0.15) is 104 Å². The van der Waals surface area contributed by atoms with Crippen LogP contribution in [0, 0.1) is 0 Å². The molecule has 0 rings (SSSR count). The van der Waals surface area contributed by atoms with Crippen molar-refractivity contribution in [3.05, 3.63) is 0 Å². The van der Waals surface area contributed by atoms with Crippen LogP contribution in [-0.4, -0.2) is 65.7 Å². The molecular weight excluding hydrogens is 479 g/mol. The molecule has 11 heteroatoms. The summed E-state index contributed by atoms with van der Waals surface area (Å²) in [5, 5.41) is 18.4. The lowest BCUT2D eigenvalue weighted by Crippen LogP contribution is -2.28. The molecule has 0 fully saturated rings. The van der Waals surface area contributed by atoms with Crippen LogP contribution in [0.4, 0.5) is 0 Å². The van der Waals surface area contributed by atoms with Crippen LogP contribution in [0.15, 0.2) is 0 Å². The van der Waals surface area contributed by atoms with E-state index in [4.69, 9.17) is 14.4 Å². The molecule has 0 radical (unpaired) electrons. The van der Waals surface area contributed by atoms with Crippen LogP contribution in [0.2, 0.25) is 0 Å². The SMILES string of the molecule is CCCCCCCCCCCCCCCC(=O)OC(CO)COP(=O)(O)OCC(CO)OC(C)=O. The average Bonchev–Trinajstić information content (AvgIpc) is 2.82. The van der Waals surface area contributed by atoms with Crippen LogP contribution in [-0.2, 0) is 32.7 Å². The van der Waals surface area contributed by atoms with E-state index >= 15 is 0 Å². The van der Waals surface area contributed by atoms with Crippen molar-refractivity contribution in [3.8, 4) is 0 Å². The number of phosphoric ester groups is 1. The summed E-state index contributed by atoms with van der Waals surface area (Å²) in [5.74, 6) is -1.20. The van der Waals surface area contributed by atoms with Gasteiger partial charge in [0.25, 0.3) is 0 Å². The maximum absolute atomic E-state index is 12.0. The first-order chi connectivity index (χ1) is 16.7. The monoisotopic (exact) mass is 526 g/mol. The minimum absolute atomic E-state index is 0.197. The van der Waals surface area contributed by atoms with Crippen molar-refractivity contribution in [3.63, 3.8) is 0 Å². The molecule has 0 aliphatic heterocycles. The van der Waals surface area contributed by atoms with Crippen LogP contribution < -0.4 is 0 Å². The number of aliphatic hydroxyl groups excluding tert-OH is 2. The third kappa shape index (κ3) is 21.9. The van der Waals surface area contributed by atoms with Gasteiger partial charge in [-0.05, 0) is 6.42 Å². The smallest absolute Gasteiger partial charge is 0.458 e. The van der Waals surface area contributed by atoms with Crippen molar-refractivity contribution in [2.24, 2.45) is 0 Å². The fourth-order valence-corrected chi connectivity index (χ4v) is 4.19. The van der Waals surface area contributed by atoms with Crippen molar-refractivity contribution in [1.29, 1.82) is 0 Å². The van der Waals surface area contributed by atoms with Crippen molar-refractivity contribution >= 4 is 19.8 Å². The van der Waals surface area contributed by atoms with E-state index in [0.29, 0.717) is 6.42 Å². The van der Waals surface area contributed by atoms with Gasteiger partial charge in [-0.15, -0.1) is 0 Å². The van der Waals surface area contributed by atoms with Crippen molar-refractivity contribution < 1.29 is 47.8 Å². The Morgan fingerprint density at radius 2 is 1.11 bits per heavy atom. The largest absolute Gasteiger partial charge is 0.472 e. The number of rotatable bonds is 24. The summed E-state index contributed by atoms with van der Waals surface area (Å²) in [5.41, 5.74) is 0. The summed E-state index contributed by atoms with van der Waals surface area (Å²) < 4.78 is 31.1. The Morgan fingerprint density at radius 1 is 0.714 bits per heavy atom.